The Morgan fingerprint density at radius 1 is 1.28 bits per heavy atom. The van der Waals surface area contributed by atoms with Crippen molar-refractivity contribution < 1.29 is 9.59 Å². The molecule has 1 N–H and O–H groups in total. The summed E-state index contributed by atoms with van der Waals surface area (Å²) in [4.78, 5) is 28.5. The largest absolute Gasteiger partial charge is 0.347 e. The SMILES string of the molecule is CC(Cn1ccnc1)NC(=O)C1=NN(Cc2ccccc2)C(=O)CC1. The monoisotopic (exact) mass is 339 g/mol. The van der Waals surface area contributed by atoms with Gasteiger partial charge in [0.05, 0.1) is 12.9 Å². The quantitative estimate of drug-likeness (QED) is 0.867. The van der Waals surface area contributed by atoms with E-state index in [1.54, 1.807) is 12.5 Å². The summed E-state index contributed by atoms with van der Waals surface area (Å²) in [5.41, 5.74) is 1.38. The molecule has 25 heavy (non-hydrogen) atoms. The summed E-state index contributed by atoms with van der Waals surface area (Å²) in [6, 6.07) is 9.56. The first kappa shape index (κ1) is 16.9. The highest BCUT2D eigenvalue weighted by Gasteiger charge is 2.25. The van der Waals surface area contributed by atoms with Crippen LogP contribution in [-0.4, -0.2) is 38.1 Å². The van der Waals surface area contributed by atoms with Crippen LogP contribution in [-0.2, 0) is 22.7 Å². The number of hydrogen-bond acceptors (Lipinski definition) is 4. The van der Waals surface area contributed by atoms with Crippen molar-refractivity contribution in [1.29, 1.82) is 0 Å². The molecule has 0 radical (unpaired) electrons. The fraction of sp³-hybridized carbons (Fsp3) is 0.333. The summed E-state index contributed by atoms with van der Waals surface area (Å²) in [7, 11) is 0. The minimum Gasteiger partial charge on any atom is -0.347 e. The number of aromatic nitrogens is 2. The maximum Gasteiger partial charge on any atom is 0.267 e. The minimum atomic E-state index is -0.224. The molecule has 0 aliphatic carbocycles. The molecule has 2 aromatic rings. The molecule has 3 rings (SSSR count). The number of carbonyl (C=O) groups is 2. The molecular formula is C18H21N5O2. The Balaban J connectivity index is 1.62. The third-order valence-electron chi connectivity index (χ3n) is 3.96. The van der Waals surface area contributed by atoms with Gasteiger partial charge in [-0.25, -0.2) is 9.99 Å². The molecule has 1 atom stereocenters. The first-order chi connectivity index (χ1) is 12.1. The number of hydrazone groups is 1. The first-order valence-corrected chi connectivity index (χ1v) is 8.30. The lowest BCUT2D eigenvalue weighted by molar-refractivity contribution is -0.132. The maximum atomic E-state index is 12.4. The lowest BCUT2D eigenvalue weighted by Crippen LogP contribution is -2.43. The summed E-state index contributed by atoms with van der Waals surface area (Å²) >= 11 is 0. The van der Waals surface area contributed by atoms with Gasteiger partial charge < -0.3 is 9.88 Å². The van der Waals surface area contributed by atoms with Crippen LogP contribution in [0.25, 0.3) is 0 Å². The Bertz CT molecular complexity index is 755. The number of nitrogens with one attached hydrogen (secondary N) is 1. The van der Waals surface area contributed by atoms with Gasteiger partial charge in [-0.05, 0) is 12.5 Å². The van der Waals surface area contributed by atoms with Crippen LogP contribution in [0.1, 0.15) is 25.3 Å². The molecule has 7 heteroatoms. The van der Waals surface area contributed by atoms with Crippen LogP contribution in [0, 0.1) is 0 Å². The molecule has 7 nitrogen and oxygen atoms in total. The second-order valence-corrected chi connectivity index (χ2v) is 6.12. The van der Waals surface area contributed by atoms with Crippen LogP contribution < -0.4 is 5.32 Å². The summed E-state index contributed by atoms with van der Waals surface area (Å²) in [5, 5.41) is 8.59. The molecule has 0 fully saturated rings. The number of nitrogens with zero attached hydrogens (tertiary/aromatic N) is 4. The highest BCUT2D eigenvalue weighted by Crippen LogP contribution is 2.13. The van der Waals surface area contributed by atoms with E-state index >= 15 is 0 Å². The second-order valence-electron chi connectivity index (χ2n) is 6.12. The van der Waals surface area contributed by atoms with Crippen LogP contribution >= 0.6 is 0 Å². The molecular weight excluding hydrogens is 318 g/mol. The second kappa shape index (κ2) is 7.74. The molecule has 2 amide bonds. The van der Waals surface area contributed by atoms with Gasteiger partial charge in [-0.2, -0.15) is 5.10 Å². The predicted octanol–water partition coefficient (Wildman–Crippen LogP) is 1.57. The average molecular weight is 339 g/mol. The number of hydrogen-bond donors (Lipinski definition) is 1. The Morgan fingerprint density at radius 3 is 2.80 bits per heavy atom. The Hall–Kier alpha value is -2.96. The van der Waals surface area contributed by atoms with E-state index in [1.165, 1.54) is 5.01 Å². The standard InChI is InChI=1S/C18H21N5O2/c1-14(11-22-10-9-19-13-22)20-18(25)16-7-8-17(24)23(21-16)12-15-5-3-2-4-6-15/h2-6,9-10,13-14H,7-8,11-12H2,1H3,(H,20,25). The van der Waals surface area contributed by atoms with E-state index in [4.69, 9.17) is 0 Å². The predicted molar refractivity (Wildman–Crippen MR) is 93.5 cm³/mol. The number of imidazole rings is 1. The summed E-state index contributed by atoms with van der Waals surface area (Å²) in [5.74, 6) is -0.287. The van der Waals surface area contributed by atoms with Gasteiger partial charge in [0.15, 0.2) is 0 Å². The molecule has 1 aliphatic rings. The van der Waals surface area contributed by atoms with E-state index in [1.807, 2.05) is 48.0 Å². The number of rotatable bonds is 6. The average Bonchev–Trinajstić information content (AvgIpc) is 3.10. The van der Waals surface area contributed by atoms with E-state index in [2.05, 4.69) is 15.4 Å². The molecule has 0 bridgehead atoms. The van der Waals surface area contributed by atoms with Gasteiger partial charge >= 0.3 is 0 Å². The maximum absolute atomic E-state index is 12.4. The lowest BCUT2D eigenvalue weighted by Gasteiger charge is -2.24. The summed E-state index contributed by atoms with van der Waals surface area (Å²) in [6.07, 6.45) is 5.93. The molecule has 1 aliphatic heterocycles. The smallest absolute Gasteiger partial charge is 0.267 e. The first-order valence-electron chi connectivity index (χ1n) is 8.30. The lowest BCUT2D eigenvalue weighted by atomic mass is 10.1. The van der Waals surface area contributed by atoms with E-state index in [0.717, 1.165) is 5.56 Å². The fourth-order valence-electron chi connectivity index (χ4n) is 2.71. The number of carbonyl (C=O) groups excluding carboxylic acids is 2. The van der Waals surface area contributed by atoms with Gasteiger partial charge in [0.25, 0.3) is 5.91 Å². The van der Waals surface area contributed by atoms with Crippen molar-refractivity contribution in [2.75, 3.05) is 0 Å². The number of amides is 2. The van der Waals surface area contributed by atoms with Crippen LogP contribution in [0.4, 0.5) is 0 Å². The van der Waals surface area contributed by atoms with Crippen LogP contribution in [0.3, 0.4) is 0 Å². The van der Waals surface area contributed by atoms with Crippen molar-refractivity contribution in [2.24, 2.45) is 5.10 Å². The summed E-state index contributed by atoms with van der Waals surface area (Å²) < 4.78 is 1.90. The molecule has 1 aromatic heterocycles. The van der Waals surface area contributed by atoms with Gasteiger partial charge in [-0.15, -0.1) is 0 Å². The van der Waals surface area contributed by atoms with Crippen molar-refractivity contribution in [3.63, 3.8) is 0 Å². The molecule has 2 heterocycles. The third-order valence-corrected chi connectivity index (χ3v) is 3.96. The zero-order chi connectivity index (χ0) is 17.6. The van der Waals surface area contributed by atoms with E-state index < -0.39 is 0 Å². The van der Waals surface area contributed by atoms with Crippen LogP contribution in [0.2, 0.25) is 0 Å². The molecule has 130 valence electrons. The van der Waals surface area contributed by atoms with Gasteiger partial charge in [0.1, 0.15) is 5.71 Å². The third kappa shape index (κ3) is 4.53. The van der Waals surface area contributed by atoms with Gasteiger partial charge in [-0.1, -0.05) is 30.3 Å². The zero-order valence-electron chi connectivity index (χ0n) is 14.1. The van der Waals surface area contributed by atoms with Crippen molar-refractivity contribution in [3.8, 4) is 0 Å². The molecule has 0 spiro atoms. The van der Waals surface area contributed by atoms with Crippen LogP contribution in [0.15, 0.2) is 54.2 Å². The molecule has 0 saturated carbocycles. The fourth-order valence-corrected chi connectivity index (χ4v) is 2.71. The minimum absolute atomic E-state index is 0.0631. The van der Waals surface area contributed by atoms with E-state index in [-0.39, 0.29) is 17.9 Å². The van der Waals surface area contributed by atoms with Crippen molar-refractivity contribution in [3.05, 3.63) is 54.6 Å². The van der Waals surface area contributed by atoms with Crippen molar-refractivity contribution in [1.82, 2.24) is 19.9 Å². The van der Waals surface area contributed by atoms with E-state index in [9.17, 15) is 9.59 Å². The highest BCUT2D eigenvalue weighted by atomic mass is 16.2. The summed E-state index contributed by atoms with van der Waals surface area (Å²) in [6.45, 7) is 2.93. The van der Waals surface area contributed by atoms with Crippen molar-refractivity contribution >= 4 is 17.5 Å². The molecule has 0 saturated heterocycles. The number of benzene rings is 1. The van der Waals surface area contributed by atoms with Crippen molar-refractivity contribution in [2.45, 2.75) is 38.9 Å². The molecule has 1 aromatic carbocycles. The van der Waals surface area contributed by atoms with Gasteiger partial charge in [0.2, 0.25) is 5.91 Å². The Kier molecular flexibility index (Phi) is 5.23. The Morgan fingerprint density at radius 2 is 2.08 bits per heavy atom. The highest BCUT2D eigenvalue weighted by molar-refractivity contribution is 6.39. The Labute approximate surface area is 146 Å². The topological polar surface area (TPSA) is 79.6 Å². The zero-order valence-corrected chi connectivity index (χ0v) is 14.1. The van der Waals surface area contributed by atoms with Crippen LogP contribution in [0.5, 0.6) is 0 Å². The molecule has 1 unspecified atom stereocenters. The van der Waals surface area contributed by atoms with Gasteiger partial charge in [0, 0.05) is 37.8 Å². The normalized spacial score (nSPS) is 15.6. The van der Waals surface area contributed by atoms with E-state index in [0.29, 0.717) is 31.6 Å². The van der Waals surface area contributed by atoms with Gasteiger partial charge in [-0.3, -0.25) is 9.59 Å².